The zero-order valence-corrected chi connectivity index (χ0v) is 17.8. The van der Waals surface area contributed by atoms with Crippen molar-refractivity contribution >= 4 is 28.2 Å². The van der Waals surface area contributed by atoms with E-state index in [2.05, 4.69) is 5.32 Å². The summed E-state index contributed by atoms with van der Waals surface area (Å²) in [5.74, 6) is 0.555. The summed E-state index contributed by atoms with van der Waals surface area (Å²) in [6, 6.07) is 7.86. The van der Waals surface area contributed by atoms with Gasteiger partial charge in [-0.25, -0.2) is 0 Å². The number of nitrogens with one attached hydrogen (secondary N) is 1. The van der Waals surface area contributed by atoms with E-state index in [0.29, 0.717) is 49.9 Å². The molecule has 1 N–H and O–H groups in total. The van der Waals surface area contributed by atoms with E-state index in [1.54, 1.807) is 11.3 Å². The number of morpholine rings is 1. The number of anilines is 1. The van der Waals surface area contributed by atoms with Crippen molar-refractivity contribution in [3.8, 4) is 5.75 Å². The molecule has 0 saturated carbocycles. The van der Waals surface area contributed by atoms with Gasteiger partial charge in [0, 0.05) is 18.0 Å². The van der Waals surface area contributed by atoms with Crippen molar-refractivity contribution < 1.29 is 19.1 Å². The number of carbonyl (C=O) groups excluding carboxylic acids is 2. The number of fused-ring (bicyclic) bond motifs is 2. The Labute approximate surface area is 180 Å². The predicted octanol–water partition coefficient (Wildman–Crippen LogP) is 3.29. The molecule has 1 fully saturated rings. The molecule has 1 atom stereocenters. The lowest BCUT2D eigenvalue weighted by molar-refractivity contribution is -0.121. The first kappa shape index (κ1) is 19.6. The Kier molecular flexibility index (Phi) is 5.48. The van der Waals surface area contributed by atoms with Gasteiger partial charge >= 0.3 is 0 Å². The van der Waals surface area contributed by atoms with Gasteiger partial charge < -0.3 is 19.7 Å². The topological polar surface area (TPSA) is 67.9 Å². The molecule has 2 amide bonds. The van der Waals surface area contributed by atoms with E-state index in [1.807, 2.05) is 29.2 Å². The molecule has 1 aromatic heterocycles. The summed E-state index contributed by atoms with van der Waals surface area (Å²) in [5.41, 5.74) is 2.91. The number of para-hydroxylation sites is 1. The second-order valence-electron chi connectivity index (χ2n) is 8.13. The fraction of sp³-hybridized carbons (Fsp3) is 0.478. The maximum atomic E-state index is 13.4. The monoisotopic (exact) mass is 426 g/mol. The molecule has 1 saturated heterocycles. The Balaban J connectivity index is 1.39. The van der Waals surface area contributed by atoms with Crippen LogP contribution in [0.5, 0.6) is 5.75 Å². The van der Waals surface area contributed by atoms with E-state index in [9.17, 15) is 9.59 Å². The molecule has 3 heterocycles. The van der Waals surface area contributed by atoms with E-state index in [0.717, 1.165) is 42.6 Å². The summed E-state index contributed by atoms with van der Waals surface area (Å²) >= 11 is 1.58. The number of ether oxygens (including phenoxy) is 2. The number of hydrogen-bond acceptors (Lipinski definition) is 5. The van der Waals surface area contributed by atoms with E-state index in [-0.39, 0.29) is 17.7 Å². The molecular formula is C23H26N2O4S. The van der Waals surface area contributed by atoms with Gasteiger partial charge in [-0.1, -0.05) is 18.2 Å². The maximum absolute atomic E-state index is 13.4. The van der Waals surface area contributed by atoms with Gasteiger partial charge in [0.05, 0.1) is 24.7 Å². The summed E-state index contributed by atoms with van der Waals surface area (Å²) in [7, 11) is 0. The van der Waals surface area contributed by atoms with Crippen LogP contribution < -0.4 is 10.1 Å². The summed E-state index contributed by atoms with van der Waals surface area (Å²) in [6.07, 6.45) is 4.78. The van der Waals surface area contributed by atoms with Crippen LogP contribution in [0, 0.1) is 5.92 Å². The first-order valence-electron chi connectivity index (χ1n) is 10.7. The largest absolute Gasteiger partial charge is 0.492 e. The molecule has 7 heteroatoms. The maximum Gasteiger partial charge on any atom is 0.257 e. The normalized spacial score (nSPS) is 20.7. The second kappa shape index (κ2) is 8.40. The average Bonchev–Trinajstić information content (AvgIpc) is 3.16. The van der Waals surface area contributed by atoms with Crippen LogP contribution in [0.3, 0.4) is 0 Å². The minimum atomic E-state index is -0.259. The number of aryl methyl sites for hydroxylation is 1. The minimum Gasteiger partial charge on any atom is -0.492 e. The quantitative estimate of drug-likeness (QED) is 0.818. The highest BCUT2D eigenvalue weighted by molar-refractivity contribution is 7.17. The van der Waals surface area contributed by atoms with E-state index < -0.39 is 0 Å². The molecule has 158 valence electrons. The average molecular weight is 427 g/mol. The van der Waals surface area contributed by atoms with Gasteiger partial charge in [0.25, 0.3) is 5.91 Å². The molecule has 0 spiro atoms. The molecule has 1 aliphatic carbocycles. The third-order valence-electron chi connectivity index (χ3n) is 6.17. The summed E-state index contributed by atoms with van der Waals surface area (Å²) < 4.78 is 11.2. The van der Waals surface area contributed by atoms with Crippen molar-refractivity contribution in [3.63, 3.8) is 0 Å². The van der Waals surface area contributed by atoms with E-state index in [1.165, 1.54) is 4.88 Å². The third kappa shape index (κ3) is 3.72. The molecule has 2 aromatic rings. The Bertz CT molecular complexity index is 964. The number of rotatable bonds is 3. The fourth-order valence-electron chi connectivity index (χ4n) is 4.52. The molecule has 2 aliphatic heterocycles. The number of thiophene rings is 1. The van der Waals surface area contributed by atoms with Gasteiger partial charge in [0.15, 0.2) is 0 Å². The molecular weight excluding hydrogens is 400 g/mol. The van der Waals surface area contributed by atoms with Gasteiger partial charge in [-0.2, -0.15) is 0 Å². The molecule has 5 rings (SSSR count). The number of nitrogens with zero attached hydrogens (tertiary/aromatic N) is 1. The standard InChI is InChI=1S/C23H26N2O4S/c26-21(16-13-15-5-1-3-7-18(15)29-14-16)24-22-20(17-6-2-4-8-19(17)30-22)23(27)25-9-11-28-12-10-25/h1,3,5,7,16H,2,4,6,8-14H2,(H,24,26)/t16-/m0/s1. The minimum absolute atomic E-state index is 0.0261. The molecule has 0 radical (unpaired) electrons. The number of hydrogen-bond donors (Lipinski definition) is 1. The van der Waals surface area contributed by atoms with Crippen molar-refractivity contribution in [1.82, 2.24) is 4.90 Å². The van der Waals surface area contributed by atoms with Crippen molar-refractivity contribution in [2.45, 2.75) is 32.1 Å². The van der Waals surface area contributed by atoms with Crippen LogP contribution in [-0.2, 0) is 28.8 Å². The molecule has 3 aliphatic rings. The van der Waals surface area contributed by atoms with E-state index in [4.69, 9.17) is 9.47 Å². The summed E-state index contributed by atoms with van der Waals surface area (Å²) in [4.78, 5) is 29.6. The fourth-order valence-corrected chi connectivity index (χ4v) is 5.80. The highest BCUT2D eigenvalue weighted by Crippen LogP contribution is 2.39. The molecule has 0 bridgehead atoms. The lowest BCUT2D eigenvalue weighted by Gasteiger charge is -2.28. The van der Waals surface area contributed by atoms with Crippen LogP contribution in [-0.4, -0.2) is 49.6 Å². The molecule has 0 unspecified atom stereocenters. The Morgan fingerprint density at radius 2 is 1.90 bits per heavy atom. The van der Waals surface area contributed by atoms with Gasteiger partial charge in [-0.15, -0.1) is 11.3 Å². The smallest absolute Gasteiger partial charge is 0.257 e. The van der Waals surface area contributed by atoms with Gasteiger partial charge in [-0.3, -0.25) is 9.59 Å². The Morgan fingerprint density at radius 1 is 1.10 bits per heavy atom. The van der Waals surface area contributed by atoms with Crippen LogP contribution in [0.4, 0.5) is 5.00 Å². The number of amides is 2. The van der Waals surface area contributed by atoms with Gasteiger partial charge in [-0.05, 0) is 49.3 Å². The van der Waals surface area contributed by atoms with Crippen LogP contribution >= 0.6 is 11.3 Å². The van der Waals surface area contributed by atoms with Crippen LogP contribution in [0.15, 0.2) is 24.3 Å². The summed E-state index contributed by atoms with van der Waals surface area (Å²) in [6.45, 7) is 2.70. The van der Waals surface area contributed by atoms with Crippen molar-refractivity contribution in [2.75, 3.05) is 38.2 Å². The zero-order valence-electron chi connectivity index (χ0n) is 16.9. The molecule has 6 nitrogen and oxygen atoms in total. The number of carbonyl (C=O) groups is 2. The van der Waals surface area contributed by atoms with E-state index >= 15 is 0 Å². The van der Waals surface area contributed by atoms with Crippen molar-refractivity contribution in [3.05, 3.63) is 45.8 Å². The predicted molar refractivity (Wildman–Crippen MR) is 115 cm³/mol. The number of benzene rings is 1. The van der Waals surface area contributed by atoms with Gasteiger partial charge in [0.2, 0.25) is 5.91 Å². The zero-order chi connectivity index (χ0) is 20.5. The van der Waals surface area contributed by atoms with Crippen LogP contribution in [0.25, 0.3) is 0 Å². The first-order chi connectivity index (χ1) is 14.7. The lowest BCUT2D eigenvalue weighted by Crippen LogP contribution is -2.41. The van der Waals surface area contributed by atoms with Crippen molar-refractivity contribution in [1.29, 1.82) is 0 Å². The van der Waals surface area contributed by atoms with Crippen LogP contribution in [0.1, 0.15) is 39.2 Å². The molecule has 1 aromatic carbocycles. The van der Waals surface area contributed by atoms with Crippen LogP contribution in [0.2, 0.25) is 0 Å². The molecule has 30 heavy (non-hydrogen) atoms. The Morgan fingerprint density at radius 3 is 2.77 bits per heavy atom. The SMILES string of the molecule is O=C(Nc1sc2c(c1C(=O)N1CCOCC1)CCCC2)[C@@H]1COc2ccccc2C1. The highest BCUT2D eigenvalue weighted by atomic mass is 32.1. The first-order valence-corrected chi connectivity index (χ1v) is 11.6. The lowest BCUT2D eigenvalue weighted by atomic mass is 9.94. The Hall–Kier alpha value is -2.38. The third-order valence-corrected chi connectivity index (χ3v) is 7.38. The van der Waals surface area contributed by atoms with Crippen molar-refractivity contribution in [2.24, 2.45) is 5.92 Å². The summed E-state index contributed by atoms with van der Waals surface area (Å²) in [5, 5.41) is 3.82. The second-order valence-corrected chi connectivity index (χ2v) is 9.23. The highest BCUT2D eigenvalue weighted by Gasteiger charge is 2.32. The van der Waals surface area contributed by atoms with Gasteiger partial charge in [0.1, 0.15) is 17.4 Å².